The lowest BCUT2D eigenvalue weighted by Crippen LogP contribution is -2.55. The van der Waals surface area contributed by atoms with Gasteiger partial charge in [0.25, 0.3) is 0 Å². The summed E-state index contributed by atoms with van der Waals surface area (Å²) in [6.07, 6.45) is 3.10. The van der Waals surface area contributed by atoms with Crippen LogP contribution in [0.1, 0.15) is 23.9 Å². The van der Waals surface area contributed by atoms with Gasteiger partial charge in [0.2, 0.25) is 11.0 Å². The highest BCUT2D eigenvalue weighted by atomic mass is 32.2. The average molecular weight is 320 g/mol. The zero-order valence-corrected chi connectivity index (χ0v) is 13.5. The Morgan fingerprint density at radius 1 is 1.33 bits per heavy atom. The molecule has 0 unspecified atom stereocenters. The van der Waals surface area contributed by atoms with E-state index in [1.807, 2.05) is 34.6 Å². The van der Waals surface area contributed by atoms with E-state index in [0.717, 1.165) is 34.4 Å². The number of hydrogen-bond acceptors (Lipinski definition) is 5. The highest BCUT2D eigenvalue weighted by Gasteiger charge is 2.24. The van der Waals surface area contributed by atoms with E-state index in [1.165, 1.54) is 0 Å². The van der Waals surface area contributed by atoms with Gasteiger partial charge in [0.15, 0.2) is 0 Å². The van der Waals surface area contributed by atoms with Crippen LogP contribution in [0.5, 0.6) is 0 Å². The number of nitrogens with zero attached hydrogens (tertiary/aromatic N) is 3. The normalized spacial score (nSPS) is 15.0. The van der Waals surface area contributed by atoms with Gasteiger partial charge in [-0.15, -0.1) is 10.2 Å². The SMILES string of the molecule is CSCC[C@H]([NH3+])c1nnc2n1NC(c1ccccc1)=CS2. The summed E-state index contributed by atoms with van der Waals surface area (Å²) < 4.78 is 1.96. The van der Waals surface area contributed by atoms with Gasteiger partial charge in [-0.2, -0.15) is 11.8 Å². The molecular formula is C14H18N5S2+. The summed E-state index contributed by atoms with van der Waals surface area (Å²) in [6, 6.07) is 10.4. The predicted octanol–water partition coefficient (Wildman–Crippen LogP) is 1.96. The van der Waals surface area contributed by atoms with Crippen molar-refractivity contribution < 1.29 is 5.73 Å². The van der Waals surface area contributed by atoms with Crippen LogP contribution in [0.2, 0.25) is 0 Å². The van der Waals surface area contributed by atoms with Crippen LogP contribution in [-0.2, 0) is 0 Å². The Labute approximate surface area is 132 Å². The van der Waals surface area contributed by atoms with E-state index >= 15 is 0 Å². The molecule has 0 radical (unpaired) electrons. The van der Waals surface area contributed by atoms with Gasteiger partial charge >= 0.3 is 0 Å². The molecule has 0 spiro atoms. The molecule has 1 aliphatic rings. The van der Waals surface area contributed by atoms with Gasteiger partial charge in [0.1, 0.15) is 6.04 Å². The van der Waals surface area contributed by atoms with Gasteiger partial charge in [-0.25, -0.2) is 4.68 Å². The second-order valence-corrected chi connectivity index (χ2v) is 6.60. The lowest BCUT2D eigenvalue weighted by molar-refractivity contribution is -0.429. The Kier molecular flexibility index (Phi) is 4.52. The van der Waals surface area contributed by atoms with E-state index in [4.69, 9.17) is 0 Å². The monoisotopic (exact) mass is 320 g/mol. The summed E-state index contributed by atoms with van der Waals surface area (Å²) in [6.45, 7) is 0. The maximum Gasteiger partial charge on any atom is 0.214 e. The zero-order valence-electron chi connectivity index (χ0n) is 11.8. The smallest absolute Gasteiger partial charge is 0.214 e. The molecule has 1 atom stereocenters. The predicted molar refractivity (Wildman–Crippen MR) is 88.3 cm³/mol. The van der Waals surface area contributed by atoms with E-state index in [-0.39, 0.29) is 6.04 Å². The largest absolute Gasteiger partial charge is 0.349 e. The van der Waals surface area contributed by atoms with Gasteiger partial charge in [-0.1, -0.05) is 42.1 Å². The van der Waals surface area contributed by atoms with Crippen molar-refractivity contribution in [2.45, 2.75) is 17.6 Å². The highest BCUT2D eigenvalue weighted by molar-refractivity contribution is 8.02. The molecule has 2 heterocycles. The fourth-order valence-corrected chi connectivity index (χ4v) is 3.39. The van der Waals surface area contributed by atoms with Crippen LogP contribution in [0, 0.1) is 0 Å². The number of hydrogen-bond donors (Lipinski definition) is 2. The molecule has 3 rings (SSSR count). The van der Waals surface area contributed by atoms with Crippen LogP contribution in [0.4, 0.5) is 0 Å². The van der Waals surface area contributed by atoms with Crippen molar-refractivity contribution >= 4 is 29.2 Å². The van der Waals surface area contributed by atoms with Gasteiger partial charge in [-0.3, -0.25) is 5.43 Å². The van der Waals surface area contributed by atoms with Crippen molar-refractivity contribution in [1.82, 2.24) is 14.9 Å². The second kappa shape index (κ2) is 6.55. The molecule has 0 saturated carbocycles. The molecule has 0 amide bonds. The van der Waals surface area contributed by atoms with Crippen molar-refractivity contribution in [3.8, 4) is 0 Å². The summed E-state index contributed by atoms with van der Waals surface area (Å²) in [5, 5.41) is 11.5. The van der Waals surface area contributed by atoms with Gasteiger partial charge in [0.05, 0.1) is 5.70 Å². The van der Waals surface area contributed by atoms with Crippen molar-refractivity contribution in [1.29, 1.82) is 0 Å². The number of quaternary nitrogens is 1. The van der Waals surface area contributed by atoms with E-state index in [9.17, 15) is 0 Å². The maximum atomic E-state index is 4.30. The van der Waals surface area contributed by atoms with Crippen molar-refractivity contribution in [3.05, 3.63) is 47.1 Å². The lowest BCUT2D eigenvalue weighted by atomic mass is 10.2. The van der Waals surface area contributed by atoms with Crippen LogP contribution < -0.4 is 11.2 Å². The lowest BCUT2D eigenvalue weighted by Gasteiger charge is -2.19. The highest BCUT2D eigenvalue weighted by Crippen LogP contribution is 2.29. The minimum absolute atomic E-state index is 0.141. The number of fused-ring (bicyclic) bond motifs is 1. The molecular weight excluding hydrogens is 302 g/mol. The molecule has 4 N–H and O–H groups in total. The first-order valence-corrected chi connectivity index (χ1v) is 9.03. The summed E-state index contributed by atoms with van der Waals surface area (Å²) in [7, 11) is 0. The topological polar surface area (TPSA) is 70.4 Å². The number of nitrogens with one attached hydrogen (secondary N) is 1. The van der Waals surface area contributed by atoms with E-state index in [2.05, 4.69) is 45.2 Å². The summed E-state index contributed by atoms with van der Waals surface area (Å²) >= 11 is 3.41. The molecule has 0 aliphatic carbocycles. The van der Waals surface area contributed by atoms with E-state index < -0.39 is 0 Å². The third kappa shape index (κ3) is 3.09. The zero-order chi connectivity index (χ0) is 14.7. The van der Waals surface area contributed by atoms with Gasteiger partial charge in [0, 0.05) is 11.8 Å². The maximum absolute atomic E-state index is 4.30. The number of aromatic nitrogens is 3. The van der Waals surface area contributed by atoms with Crippen molar-refractivity contribution in [2.24, 2.45) is 0 Å². The van der Waals surface area contributed by atoms with E-state index in [0.29, 0.717) is 0 Å². The van der Waals surface area contributed by atoms with Crippen LogP contribution in [0.25, 0.3) is 5.70 Å². The fraction of sp³-hybridized carbons (Fsp3) is 0.286. The molecule has 7 heteroatoms. The molecule has 2 aromatic rings. The molecule has 1 aromatic heterocycles. The average Bonchev–Trinajstić information content (AvgIpc) is 2.96. The van der Waals surface area contributed by atoms with Crippen LogP contribution >= 0.6 is 23.5 Å². The Bertz CT molecular complexity index is 638. The van der Waals surface area contributed by atoms with Crippen LogP contribution in [-0.4, -0.2) is 26.9 Å². The Hall–Kier alpha value is -1.44. The number of benzene rings is 1. The third-order valence-electron chi connectivity index (χ3n) is 3.29. The first-order valence-electron chi connectivity index (χ1n) is 6.76. The van der Waals surface area contributed by atoms with Gasteiger partial charge in [-0.05, 0) is 17.6 Å². The summed E-state index contributed by atoms with van der Waals surface area (Å²) in [4.78, 5) is 0. The molecule has 0 saturated heterocycles. The Morgan fingerprint density at radius 2 is 2.14 bits per heavy atom. The summed E-state index contributed by atoms with van der Waals surface area (Å²) in [5.41, 5.74) is 9.84. The molecule has 1 aromatic carbocycles. The first kappa shape index (κ1) is 14.5. The molecule has 21 heavy (non-hydrogen) atoms. The third-order valence-corrected chi connectivity index (χ3v) is 4.77. The number of thioether (sulfide) groups is 2. The molecule has 5 nitrogen and oxygen atoms in total. The van der Waals surface area contributed by atoms with Crippen molar-refractivity contribution in [3.63, 3.8) is 0 Å². The van der Waals surface area contributed by atoms with Crippen molar-refractivity contribution in [2.75, 3.05) is 17.4 Å². The minimum atomic E-state index is 0.141. The molecule has 110 valence electrons. The quantitative estimate of drug-likeness (QED) is 0.881. The minimum Gasteiger partial charge on any atom is -0.349 e. The summed E-state index contributed by atoms with van der Waals surface area (Å²) in [5.74, 6) is 1.97. The first-order chi connectivity index (χ1) is 10.3. The van der Waals surface area contributed by atoms with Crippen LogP contribution in [0.15, 0.2) is 40.9 Å². The molecule has 1 aliphatic heterocycles. The number of rotatable bonds is 5. The Balaban J connectivity index is 1.82. The van der Waals surface area contributed by atoms with E-state index in [1.54, 1.807) is 11.8 Å². The standard InChI is InChI=1S/C14H17N5S2/c1-20-8-7-11(15)13-16-17-14-19(13)18-12(9-21-14)10-5-3-2-4-6-10/h2-6,9,11,18H,7-8,15H2,1H3/p+1/t11-/m0/s1. The van der Waals surface area contributed by atoms with Gasteiger partial charge < -0.3 is 5.73 Å². The Morgan fingerprint density at radius 3 is 2.90 bits per heavy atom. The molecule has 0 bridgehead atoms. The van der Waals surface area contributed by atoms with Crippen LogP contribution in [0.3, 0.4) is 0 Å². The fourth-order valence-electron chi connectivity index (χ4n) is 2.12. The second-order valence-electron chi connectivity index (χ2n) is 4.78. The molecule has 0 fully saturated rings.